The Bertz CT molecular complexity index is 1270. The molecule has 9 heteroatoms. The topological polar surface area (TPSA) is 108 Å². The van der Waals surface area contributed by atoms with E-state index in [0.717, 1.165) is 60.4 Å². The van der Waals surface area contributed by atoms with E-state index >= 15 is 0 Å². The molecule has 0 spiro atoms. The molecule has 1 aliphatic rings. The summed E-state index contributed by atoms with van der Waals surface area (Å²) >= 11 is 0. The molecule has 4 heterocycles. The van der Waals surface area contributed by atoms with Gasteiger partial charge in [-0.3, -0.25) is 14.5 Å². The first kappa shape index (κ1) is 22.7. The van der Waals surface area contributed by atoms with Gasteiger partial charge in [0, 0.05) is 61.1 Å². The first-order valence-electron chi connectivity index (χ1n) is 11.6. The van der Waals surface area contributed by atoms with Crippen LogP contribution in [0.2, 0.25) is 0 Å². The Balaban J connectivity index is 1.21. The minimum Gasteiger partial charge on any atom is -0.428 e. The van der Waals surface area contributed by atoms with Crippen molar-refractivity contribution in [3.05, 3.63) is 84.6 Å². The second kappa shape index (κ2) is 10.9. The normalized spacial score (nSPS) is 14.4. The smallest absolute Gasteiger partial charge is 0.248 e. The van der Waals surface area contributed by atoms with Crippen LogP contribution in [0.15, 0.2) is 72.0 Å². The van der Waals surface area contributed by atoms with Crippen LogP contribution in [0, 0.1) is 0 Å². The van der Waals surface area contributed by atoms with Crippen LogP contribution in [-0.2, 0) is 22.4 Å². The molecule has 0 unspecified atom stereocenters. The molecule has 0 radical (unpaired) electrons. The van der Waals surface area contributed by atoms with Gasteiger partial charge in [0.2, 0.25) is 18.2 Å². The molecule has 4 aromatic rings. The van der Waals surface area contributed by atoms with Crippen molar-refractivity contribution in [1.82, 2.24) is 25.0 Å². The number of anilines is 1. The molecule has 0 atom stereocenters. The minimum atomic E-state index is -0.212. The standard InChI is InChI=1S/C26H26N6O3/c33-25(30-22-5-1-19(2-6-22)3-8-26-31-28-18-35-26)7-4-20-15-27-12-9-24(20)21-16-29-32(17-21)23-10-13-34-14-11-23/h1-2,4-7,9,12,15-18,23H,3,8,10-11,13-14H2,(H,30,33). The van der Waals surface area contributed by atoms with Crippen molar-refractivity contribution in [2.24, 2.45) is 0 Å². The summed E-state index contributed by atoms with van der Waals surface area (Å²) in [6, 6.07) is 10.0. The fraction of sp³-hybridized carbons (Fsp3) is 0.269. The van der Waals surface area contributed by atoms with E-state index in [1.807, 2.05) is 41.2 Å². The van der Waals surface area contributed by atoms with Gasteiger partial charge in [0.25, 0.3) is 0 Å². The molecular formula is C26H26N6O3. The average molecular weight is 471 g/mol. The first-order chi connectivity index (χ1) is 17.2. The highest BCUT2D eigenvalue weighted by Crippen LogP contribution is 2.27. The maximum atomic E-state index is 12.5. The SMILES string of the molecule is O=C(C=Cc1cnccc1-c1cnn(C2CCOCC2)c1)Nc1ccc(CCc2nnco2)cc1. The summed E-state index contributed by atoms with van der Waals surface area (Å²) in [6.45, 7) is 1.53. The third-order valence-corrected chi connectivity index (χ3v) is 6.00. The molecule has 1 aliphatic heterocycles. The molecule has 3 aromatic heterocycles. The Morgan fingerprint density at radius 3 is 2.77 bits per heavy atom. The summed E-state index contributed by atoms with van der Waals surface area (Å²) in [6.07, 6.45) is 15.4. The molecule has 0 saturated carbocycles. The van der Waals surface area contributed by atoms with Gasteiger partial charge in [0.05, 0.1) is 12.2 Å². The number of hydrogen-bond acceptors (Lipinski definition) is 7. The lowest BCUT2D eigenvalue weighted by Gasteiger charge is -2.22. The van der Waals surface area contributed by atoms with E-state index in [-0.39, 0.29) is 5.91 Å². The summed E-state index contributed by atoms with van der Waals surface area (Å²) < 4.78 is 12.6. The first-order valence-corrected chi connectivity index (χ1v) is 11.6. The van der Waals surface area contributed by atoms with E-state index in [1.54, 1.807) is 18.5 Å². The average Bonchev–Trinajstić information content (AvgIpc) is 3.61. The van der Waals surface area contributed by atoms with Crippen molar-refractivity contribution in [2.45, 2.75) is 31.7 Å². The lowest BCUT2D eigenvalue weighted by Crippen LogP contribution is -2.19. The zero-order valence-corrected chi connectivity index (χ0v) is 19.2. The largest absolute Gasteiger partial charge is 0.428 e. The zero-order valence-electron chi connectivity index (χ0n) is 19.2. The number of aryl methyl sites for hydroxylation is 2. The number of carbonyl (C=O) groups excluding carboxylic acids is 1. The number of aromatic nitrogens is 5. The van der Waals surface area contributed by atoms with E-state index in [2.05, 4.69) is 31.8 Å². The third kappa shape index (κ3) is 5.88. The predicted molar refractivity (Wildman–Crippen MR) is 130 cm³/mol. The van der Waals surface area contributed by atoms with Gasteiger partial charge < -0.3 is 14.5 Å². The predicted octanol–water partition coefficient (Wildman–Crippen LogP) is 4.12. The van der Waals surface area contributed by atoms with Crippen molar-refractivity contribution < 1.29 is 13.9 Å². The van der Waals surface area contributed by atoms with Gasteiger partial charge in [-0.1, -0.05) is 12.1 Å². The number of amides is 1. The van der Waals surface area contributed by atoms with Crippen molar-refractivity contribution in [2.75, 3.05) is 18.5 Å². The Hall–Kier alpha value is -4.11. The minimum absolute atomic E-state index is 0.212. The van der Waals surface area contributed by atoms with Crippen molar-refractivity contribution >= 4 is 17.7 Å². The fourth-order valence-electron chi connectivity index (χ4n) is 4.09. The molecule has 1 fully saturated rings. The van der Waals surface area contributed by atoms with Crippen LogP contribution < -0.4 is 5.32 Å². The number of ether oxygens (including phenoxy) is 1. The zero-order chi connectivity index (χ0) is 23.9. The fourth-order valence-corrected chi connectivity index (χ4v) is 4.09. The Morgan fingerprint density at radius 1 is 1.11 bits per heavy atom. The highest BCUT2D eigenvalue weighted by atomic mass is 16.5. The summed E-state index contributed by atoms with van der Waals surface area (Å²) in [5, 5.41) is 15.0. The van der Waals surface area contributed by atoms with Gasteiger partial charge in [-0.2, -0.15) is 5.10 Å². The molecule has 0 bridgehead atoms. The van der Waals surface area contributed by atoms with Gasteiger partial charge in [0.15, 0.2) is 0 Å². The summed E-state index contributed by atoms with van der Waals surface area (Å²) in [7, 11) is 0. The summed E-state index contributed by atoms with van der Waals surface area (Å²) in [5.41, 5.74) is 4.68. The van der Waals surface area contributed by atoms with Gasteiger partial charge in [-0.05, 0) is 54.7 Å². The van der Waals surface area contributed by atoms with Crippen molar-refractivity contribution in [1.29, 1.82) is 0 Å². The second-order valence-corrected chi connectivity index (χ2v) is 8.37. The van der Waals surface area contributed by atoms with E-state index < -0.39 is 0 Å². The van der Waals surface area contributed by atoms with Crippen LogP contribution in [0.4, 0.5) is 5.69 Å². The number of hydrogen-bond donors (Lipinski definition) is 1. The van der Waals surface area contributed by atoms with E-state index in [4.69, 9.17) is 9.15 Å². The van der Waals surface area contributed by atoms with Crippen LogP contribution in [0.1, 0.15) is 35.9 Å². The number of pyridine rings is 1. The molecule has 1 N–H and O–H groups in total. The van der Waals surface area contributed by atoms with Gasteiger partial charge >= 0.3 is 0 Å². The highest BCUT2D eigenvalue weighted by Gasteiger charge is 2.17. The van der Waals surface area contributed by atoms with E-state index in [9.17, 15) is 4.79 Å². The monoisotopic (exact) mass is 470 g/mol. The molecular weight excluding hydrogens is 444 g/mol. The third-order valence-electron chi connectivity index (χ3n) is 6.00. The number of nitrogens with zero attached hydrogens (tertiary/aromatic N) is 5. The molecule has 9 nitrogen and oxygen atoms in total. The number of rotatable bonds is 8. The summed E-state index contributed by atoms with van der Waals surface area (Å²) in [5.74, 6) is 0.398. The van der Waals surface area contributed by atoms with E-state index in [0.29, 0.717) is 18.4 Å². The Labute approximate surface area is 202 Å². The van der Waals surface area contributed by atoms with Crippen LogP contribution in [-0.4, -0.2) is 44.1 Å². The molecule has 5 rings (SSSR count). The van der Waals surface area contributed by atoms with Crippen LogP contribution in [0.25, 0.3) is 17.2 Å². The molecule has 178 valence electrons. The van der Waals surface area contributed by atoms with Crippen LogP contribution >= 0.6 is 0 Å². The van der Waals surface area contributed by atoms with Crippen LogP contribution in [0.3, 0.4) is 0 Å². The maximum Gasteiger partial charge on any atom is 0.248 e. The highest BCUT2D eigenvalue weighted by molar-refractivity contribution is 6.02. The van der Waals surface area contributed by atoms with Gasteiger partial charge in [-0.25, -0.2) is 0 Å². The molecule has 1 amide bonds. The molecule has 1 saturated heterocycles. The Kier molecular flexibility index (Phi) is 7.05. The summed E-state index contributed by atoms with van der Waals surface area (Å²) in [4.78, 5) is 16.8. The van der Waals surface area contributed by atoms with Crippen molar-refractivity contribution in [3.8, 4) is 11.1 Å². The quantitative estimate of drug-likeness (QED) is 0.386. The molecule has 0 aliphatic carbocycles. The Morgan fingerprint density at radius 2 is 1.97 bits per heavy atom. The lowest BCUT2D eigenvalue weighted by molar-refractivity contribution is -0.111. The number of benzene rings is 1. The lowest BCUT2D eigenvalue weighted by atomic mass is 10.0. The van der Waals surface area contributed by atoms with Gasteiger partial charge in [-0.15, -0.1) is 10.2 Å². The maximum absolute atomic E-state index is 12.5. The molecule has 35 heavy (non-hydrogen) atoms. The number of nitrogens with one attached hydrogen (secondary N) is 1. The van der Waals surface area contributed by atoms with Crippen molar-refractivity contribution in [3.63, 3.8) is 0 Å². The number of carbonyl (C=O) groups is 1. The second-order valence-electron chi connectivity index (χ2n) is 8.37. The molecule has 1 aromatic carbocycles. The van der Waals surface area contributed by atoms with Gasteiger partial charge in [0.1, 0.15) is 0 Å². The van der Waals surface area contributed by atoms with Crippen LogP contribution in [0.5, 0.6) is 0 Å². The van der Waals surface area contributed by atoms with E-state index in [1.165, 1.54) is 12.5 Å².